The van der Waals surface area contributed by atoms with Gasteiger partial charge in [-0.2, -0.15) is 0 Å². The molecular formula is C11H19NO6. The first kappa shape index (κ1) is 14.7. The van der Waals surface area contributed by atoms with Crippen LogP contribution in [-0.4, -0.2) is 54.7 Å². The summed E-state index contributed by atoms with van der Waals surface area (Å²) >= 11 is 0. The molecule has 1 aliphatic heterocycles. The lowest BCUT2D eigenvalue weighted by molar-refractivity contribution is -0.152. The molecular weight excluding hydrogens is 242 g/mol. The van der Waals surface area contributed by atoms with Crippen molar-refractivity contribution < 1.29 is 28.9 Å². The molecule has 104 valence electrons. The number of aliphatic carboxylic acids is 1. The zero-order chi connectivity index (χ0) is 13.8. The van der Waals surface area contributed by atoms with E-state index in [0.717, 1.165) is 0 Å². The van der Waals surface area contributed by atoms with Gasteiger partial charge in [0.15, 0.2) is 6.04 Å². The number of ether oxygens (including phenoxy) is 3. The van der Waals surface area contributed by atoms with Crippen LogP contribution in [0.5, 0.6) is 0 Å². The number of alkyl carbamates (subject to hydrolysis) is 1. The highest BCUT2D eigenvalue weighted by Crippen LogP contribution is 2.10. The number of amides is 1. The van der Waals surface area contributed by atoms with E-state index in [1.807, 2.05) is 0 Å². The van der Waals surface area contributed by atoms with Crippen molar-refractivity contribution in [3.63, 3.8) is 0 Å². The van der Waals surface area contributed by atoms with Gasteiger partial charge in [0.05, 0.1) is 19.8 Å². The summed E-state index contributed by atoms with van der Waals surface area (Å²) in [6.45, 7) is 5.96. The zero-order valence-electron chi connectivity index (χ0n) is 10.8. The van der Waals surface area contributed by atoms with Crippen LogP contribution in [0.25, 0.3) is 0 Å². The van der Waals surface area contributed by atoms with E-state index in [9.17, 15) is 9.59 Å². The van der Waals surface area contributed by atoms with Gasteiger partial charge in [0.25, 0.3) is 0 Å². The summed E-state index contributed by atoms with van der Waals surface area (Å²) in [4.78, 5) is 22.6. The predicted molar refractivity (Wildman–Crippen MR) is 61.4 cm³/mol. The molecule has 0 bridgehead atoms. The minimum absolute atomic E-state index is 0.132. The fraction of sp³-hybridized carbons (Fsp3) is 0.818. The van der Waals surface area contributed by atoms with Crippen LogP contribution in [-0.2, 0) is 19.0 Å². The van der Waals surface area contributed by atoms with Crippen LogP contribution in [0.3, 0.4) is 0 Å². The molecule has 2 N–H and O–H groups in total. The Labute approximate surface area is 105 Å². The number of carbonyl (C=O) groups is 2. The molecule has 1 saturated heterocycles. The lowest BCUT2D eigenvalue weighted by atomic mass is 10.1. The van der Waals surface area contributed by atoms with Gasteiger partial charge < -0.3 is 24.6 Å². The van der Waals surface area contributed by atoms with E-state index in [0.29, 0.717) is 13.2 Å². The lowest BCUT2D eigenvalue weighted by Gasteiger charge is -2.29. The predicted octanol–water partition coefficient (Wildman–Crippen LogP) is 0.380. The molecule has 7 heteroatoms. The molecule has 2 unspecified atom stereocenters. The molecule has 0 aromatic carbocycles. The van der Waals surface area contributed by atoms with Crippen molar-refractivity contribution in [1.29, 1.82) is 0 Å². The Hall–Kier alpha value is -1.34. The summed E-state index contributed by atoms with van der Waals surface area (Å²) in [5.74, 6) is -1.18. The molecule has 0 saturated carbocycles. The fourth-order valence-electron chi connectivity index (χ4n) is 1.45. The highest BCUT2D eigenvalue weighted by molar-refractivity contribution is 5.80. The van der Waals surface area contributed by atoms with Gasteiger partial charge in [-0.1, -0.05) is 0 Å². The van der Waals surface area contributed by atoms with Crippen molar-refractivity contribution in [3.05, 3.63) is 0 Å². The van der Waals surface area contributed by atoms with Crippen molar-refractivity contribution in [2.45, 2.75) is 38.5 Å². The van der Waals surface area contributed by atoms with E-state index in [2.05, 4.69) is 5.32 Å². The largest absolute Gasteiger partial charge is 0.480 e. The number of carboxylic acid groups (broad SMARTS) is 1. The Kier molecular flexibility index (Phi) is 4.92. The van der Waals surface area contributed by atoms with Gasteiger partial charge in [-0.25, -0.2) is 9.59 Å². The highest BCUT2D eigenvalue weighted by Gasteiger charge is 2.33. The average molecular weight is 261 g/mol. The number of rotatable bonds is 3. The Morgan fingerprint density at radius 3 is 2.50 bits per heavy atom. The summed E-state index contributed by atoms with van der Waals surface area (Å²) in [5.41, 5.74) is -0.683. The first-order chi connectivity index (χ1) is 8.29. The molecule has 0 aliphatic carbocycles. The van der Waals surface area contributed by atoms with Crippen molar-refractivity contribution in [2.75, 3.05) is 19.8 Å². The van der Waals surface area contributed by atoms with Crippen LogP contribution >= 0.6 is 0 Å². The van der Waals surface area contributed by atoms with E-state index in [1.54, 1.807) is 20.8 Å². The van der Waals surface area contributed by atoms with Crippen LogP contribution in [0.4, 0.5) is 4.79 Å². The van der Waals surface area contributed by atoms with Gasteiger partial charge in [0, 0.05) is 0 Å². The third-order valence-corrected chi connectivity index (χ3v) is 2.15. The second kappa shape index (κ2) is 6.01. The summed E-state index contributed by atoms with van der Waals surface area (Å²) < 4.78 is 15.4. The van der Waals surface area contributed by atoms with Gasteiger partial charge in [-0.3, -0.25) is 0 Å². The second-order valence-electron chi connectivity index (χ2n) is 4.95. The highest BCUT2D eigenvalue weighted by atomic mass is 16.6. The summed E-state index contributed by atoms with van der Waals surface area (Å²) in [6.07, 6.45) is -1.49. The molecule has 7 nitrogen and oxygen atoms in total. The summed E-state index contributed by atoms with van der Waals surface area (Å²) in [5, 5.41) is 11.3. The maximum Gasteiger partial charge on any atom is 0.408 e. The molecule has 1 rings (SSSR count). The van der Waals surface area contributed by atoms with Gasteiger partial charge in [0.1, 0.15) is 11.7 Å². The smallest absolute Gasteiger partial charge is 0.408 e. The molecule has 0 aromatic heterocycles. The van der Waals surface area contributed by atoms with Crippen molar-refractivity contribution in [3.8, 4) is 0 Å². The topological polar surface area (TPSA) is 94.1 Å². The molecule has 0 spiro atoms. The monoisotopic (exact) mass is 261 g/mol. The Morgan fingerprint density at radius 2 is 2.06 bits per heavy atom. The van der Waals surface area contributed by atoms with E-state index < -0.39 is 29.8 Å². The maximum absolute atomic E-state index is 11.5. The molecule has 1 amide bonds. The van der Waals surface area contributed by atoms with Crippen LogP contribution in [0.15, 0.2) is 0 Å². The van der Waals surface area contributed by atoms with Gasteiger partial charge in [-0.15, -0.1) is 0 Å². The Bertz CT molecular complexity index is 305. The Balaban J connectivity index is 2.57. The zero-order valence-corrected chi connectivity index (χ0v) is 10.8. The third kappa shape index (κ3) is 4.89. The molecule has 0 radical (unpaired) electrons. The molecule has 1 heterocycles. The van der Waals surface area contributed by atoms with E-state index >= 15 is 0 Å². The maximum atomic E-state index is 11.5. The van der Waals surface area contributed by atoms with E-state index in [1.165, 1.54) is 0 Å². The minimum atomic E-state index is -1.18. The first-order valence-electron chi connectivity index (χ1n) is 5.71. The van der Waals surface area contributed by atoms with Crippen LogP contribution in [0.2, 0.25) is 0 Å². The first-order valence-corrected chi connectivity index (χ1v) is 5.71. The number of carbonyl (C=O) groups excluding carboxylic acids is 1. The van der Waals surface area contributed by atoms with Crippen molar-refractivity contribution >= 4 is 12.1 Å². The standard InChI is InChI=1S/C11H19NO6/c1-11(2,3)18-10(15)12-8(9(13)14)7-6-16-4-5-17-7/h7-8H,4-6H2,1-3H3,(H,12,15)(H,13,14). The minimum Gasteiger partial charge on any atom is -0.480 e. The number of nitrogens with one attached hydrogen (secondary N) is 1. The summed E-state index contributed by atoms with van der Waals surface area (Å²) in [6, 6.07) is -1.18. The van der Waals surface area contributed by atoms with Crippen LogP contribution in [0.1, 0.15) is 20.8 Å². The Morgan fingerprint density at radius 1 is 1.39 bits per heavy atom. The van der Waals surface area contributed by atoms with Crippen molar-refractivity contribution in [1.82, 2.24) is 5.32 Å². The number of hydrogen-bond donors (Lipinski definition) is 2. The molecule has 2 atom stereocenters. The second-order valence-corrected chi connectivity index (χ2v) is 4.95. The third-order valence-electron chi connectivity index (χ3n) is 2.15. The van der Waals surface area contributed by atoms with Crippen LogP contribution < -0.4 is 5.32 Å². The molecule has 1 fully saturated rings. The SMILES string of the molecule is CC(C)(C)OC(=O)NC(C(=O)O)C1COCCO1. The van der Waals surface area contributed by atoms with Gasteiger partial charge in [0.2, 0.25) is 0 Å². The van der Waals surface area contributed by atoms with Crippen LogP contribution in [0, 0.1) is 0 Å². The fourth-order valence-corrected chi connectivity index (χ4v) is 1.45. The normalized spacial score (nSPS) is 22.1. The van der Waals surface area contributed by atoms with E-state index in [-0.39, 0.29) is 6.61 Å². The van der Waals surface area contributed by atoms with Crippen molar-refractivity contribution in [2.24, 2.45) is 0 Å². The average Bonchev–Trinajstić information content (AvgIpc) is 2.24. The molecule has 18 heavy (non-hydrogen) atoms. The number of carboxylic acids is 1. The summed E-state index contributed by atoms with van der Waals surface area (Å²) in [7, 11) is 0. The van der Waals surface area contributed by atoms with Gasteiger partial charge in [-0.05, 0) is 20.8 Å². The number of hydrogen-bond acceptors (Lipinski definition) is 5. The van der Waals surface area contributed by atoms with E-state index in [4.69, 9.17) is 19.3 Å². The quantitative estimate of drug-likeness (QED) is 0.762. The molecule has 1 aliphatic rings. The lowest BCUT2D eigenvalue weighted by Crippen LogP contribution is -2.54. The van der Waals surface area contributed by atoms with Gasteiger partial charge >= 0.3 is 12.1 Å². The molecule has 0 aromatic rings.